The topological polar surface area (TPSA) is 0 Å². The molecule has 168 valence electrons. The fraction of sp³-hybridized carbons (Fsp3) is 1.00. The molecule has 0 N–H and O–H groups in total. The van der Waals surface area contributed by atoms with E-state index < -0.39 is 0 Å². The first-order valence-corrected chi connectivity index (χ1v) is 17.2. The normalized spacial score (nSPS) is 127. The summed E-state index contributed by atoms with van der Waals surface area (Å²) in [6, 6.07) is 0. The molecule has 0 aliphatic heterocycles. The van der Waals surface area contributed by atoms with E-state index in [1.807, 2.05) is 12.8 Å². The Morgan fingerprint density at radius 3 is 1.43 bits per heavy atom. The highest BCUT2D eigenvalue weighted by Crippen LogP contribution is 3.57. The zero-order valence-electron chi connectivity index (χ0n) is 20.2. The Hall–Kier alpha value is 0. The smallest absolute Gasteiger partial charge is 0.00133 e. The number of hydrogen-bond donors (Lipinski definition) is 0. The molecule has 0 nitrogen and oxygen atoms in total. The fourth-order valence-electron chi connectivity index (χ4n) is 34.5. The van der Waals surface area contributed by atoms with Gasteiger partial charge in [0.1, 0.15) is 0 Å². The van der Waals surface area contributed by atoms with Crippen molar-refractivity contribution in [1.82, 2.24) is 0 Å². The summed E-state index contributed by atoms with van der Waals surface area (Å²) in [7, 11) is 0. The van der Waals surface area contributed by atoms with Crippen LogP contribution >= 0.6 is 0 Å². The number of hydrogen-bond acceptors (Lipinski definition) is 0. The average molecular weight is 449 g/mol. The van der Waals surface area contributed by atoms with Crippen molar-refractivity contribution in [2.45, 2.75) is 45.4 Å². The zero-order valence-corrected chi connectivity index (χ0v) is 20.2. The molecule has 0 radical (unpaired) electrons. The summed E-state index contributed by atoms with van der Waals surface area (Å²) < 4.78 is 0. The van der Waals surface area contributed by atoms with Crippen LogP contribution in [0.1, 0.15) is 45.4 Å². The summed E-state index contributed by atoms with van der Waals surface area (Å²) in [6.07, 6.45) is 10.8. The molecule has 0 aromatic heterocycles. The van der Waals surface area contributed by atoms with Crippen LogP contribution < -0.4 is 0 Å². The van der Waals surface area contributed by atoms with Crippen LogP contribution in [0.3, 0.4) is 0 Å². The molecule has 0 heterocycles. The van der Waals surface area contributed by atoms with Crippen LogP contribution in [0, 0.1) is 158 Å². The second kappa shape index (κ2) is 2.03. The first-order valence-electron chi connectivity index (χ1n) is 17.2. The summed E-state index contributed by atoms with van der Waals surface area (Å²) in [4.78, 5) is 0. The first kappa shape index (κ1) is 12.9. The van der Waals surface area contributed by atoms with Gasteiger partial charge in [0.25, 0.3) is 0 Å². The lowest BCUT2D eigenvalue weighted by molar-refractivity contribution is -1.10. The van der Waals surface area contributed by atoms with E-state index in [9.17, 15) is 0 Å². The van der Waals surface area contributed by atoms with Crippen LogP contribution in [0.5, 0.6) is 0 Å². The minimum Gasteiger partial charge on any atom is -0.0579 e. The van der Waals surface area contributed by atoms with E-state index in [0.717, 1.165) is 81.2 Å². The maximum Gasteiger partial charge on any atom is -0.00133 e. The van der Waals surface area contributed by atoms with Crippen LogP contribution in [0.4, 0.5) is 0 Å². The monoisotopic (exact) mass is 448 g/mol. The molecule has 21 unspecified atom stereocenters. The summed E-state index contributed by atoms with van der Waals surface area (Å²) in [5.41, 5.74) is 15.8. The molecule has 22 aliphatic carbocycles. The predicted octanol–water partition coefficient (Wildman–Crippen LogP) is 4.45. The minimum absolute atomic E-state index is 0.928. The molecule has 22 rings (SSSR count). The van der Waals surface area contributed by atoms with Gasteiger partial charge in [-0.25, -0.2) is 0 Å². The van der Waals surface area contributed by atoms with Crippen LogP contribution in [0.15, 0.2) is 0 Å². The third-order valence-electron chi connectivity index (χ3n) is 28.3. The molecule has 22 fully saturated rings. The lowest BCUT2D eigenvalue weighted by Gasteiger charge is -3.55. The summed E-state index contributed by atoms with van der Waals surface area (Å²) in [6.45, 7) is 3.20. The molecule has 35 heavy (non-hydrogen) atoms. The van der Waals surface area contributed by atoms with Gasteiger partial charge in [0.2, 0.25) is 0 Å². The van der Waals surface area contributed by atoms with E-state index in [1.165, 1.54) is 76.9 Å². The highest BCUT2D eigenvalue weighted by molar-refractivity contribution is 6.00. The van der Waals surface area contributed by atoms with E-state index in [0.29, 0.717) is 0 Å². The maximum atomic E-state index is 3.20. The van der Waals surface area contributed by atoms with E-state index >= 15 is 0 Å². The van der Waals surface area contributed by atoms with E-state index in [1.54, 1.807) is 25.7 Å². The second-order valence-corrected chi connectivity index (χ2v) is 21.7. The standard InChI is InChI=1S/C35H28/c1-21-22-6-8-2-10-16-12-4-14-18-20-19-15-5-13-17-11-3-9-7-23(21)25(9,11)29(17)27(13,15)31(19)32(20)30(18)26(12,14)28(16,24(8,10)22)34(22,30)33(21,32)35(23,29)31/h8-20H,2-7H2,1H3/t8?,9?,10?,11?,12-,13?,14?,15?,16?,17?,18?,19+,20?,21?,22?,23+,24?,25?,26+,27?,28-,29?,30?,31+,32?,33?,34?,35+/m1/s1. The molecule has 28 atom stereocenters. The van der Waals surface area contributed by atoms with Crippen molar-refractivity contribution >= 4 is 0 Å². The van der Waals surface area contributed by atoms with Gasteiger partial charge in [0, 0.05) is 0 Å². The summed E-state index contributed by atoms with van der Waals surface area (Å²) in [5.74, 6) is 17.3. The third-order valence-corrected chi connectivity index (χ3v) is 28.3. The molecular formula is C35H28. The molecule has 0 saturated heterocycles. The van der Waals surface area contributed by atoms with Crippen LogP contribution in [-0.4, -0.2) is 0 Å². The summed E-state index contributed by atoms with van der Waals surface area (Å²) >= 11 is 0. The van der Waals surface area contributed by atoms with Gasteiger partial charge >= 0.3 is 0 Å². The molecule has 14 spiro atoms. The van der Waals surface area contributed by atoms with Gasteiger partial charge < -0.3 is 0 Å². The number of rotatable bonds is 0. The van der Waals surface area contributed by atoms with Gasteiger partial charge in [-0.3, -0.25) is 0 Å². The van der Waals surface area contributed by atoms with Crippen molar-refractivity contribution in [2.24, 2.45) is 158 Å². The average Bonchev–Trinajstić information content (AvgIpc) is 2.72. The Morgan fingerprint density at radius 2 is 0.914 bits per heavy atom. The highest BCUT2D eigenvalue weighted by Gasteiger charge is 3.55. The van der Waals surface area contributed by atoms with Crippen molar-refractivity contribution in [3.8, 4) is 0 Å². The van der Waals surface area contributed by atoms with Crippen molar-refractivity contribution in [2.75, 3.05) is 0 Å². The lowest BCUT2D eigenvalue weighted by Crippen LogP contribution is -3.53. The molecule has 22 saturated carbocycles. The largest absolute Gasteiger partial charge is 0.0579 e. The van der Waals surface area contributed by atoms with Crippen molar-refractivity contribution in [3.05, 3.63) is 0 Å². The molecular weight excluding hydrogens is 420 g/mol. The Kier molecular flexibility index (Phi) is 0.749. The quantitative estimate of drug-likeness (QED) is 0.514. The van der Waals surface area contributed by atoms with E-state index in [-0.39, 0.29) is 0 Å². The zero-order chi connectivity index (χ0) is 20.2. The fourth-order valence-corrected chi connectivity index (χ4v) is 34.5. The van der Waals surface area contributed by atoms with Gasteiger partial charge in [0.15, 0.2) is 0 Å². The van der Waals surface area contributed by atoms with Gasteiger partial charge in [-0.1, -0.05) is 6.92 Å². The molecule has 0 heteroatoms. The Balaban J connectivity index is 1.05. The van der Waals surface area contributed by atoms with Crippen LogP contribution in [0.25, 0.3) is 0 Å². The van der Waals surface area contributed by atoms with Gasteiger partial charge in [0.05, 0.1) is 0 Å². The maximum absolute atomic E-state index is 3.20. The SMILES string of the molecule is CC12C34CC5CC6C7[C@H]8CC9C%10C%11[C@@H]%12C%13CC%14C%15C%16CC%17C[C@@]1%18C%17%16C%151C%14%13[C@]%12%13C%11%12C2(C32C%10%12[C@]98[C@]72C564)[C@]1%18%13. The molecule has 0 aromatic rings. The molecule has 0 aromatic carbocycles. The van der Waals surface area contributed by atoms with Crippen LogP contribution in [-0.2, 0) is 0 Å². The molecule has 22 aliphatic rings. The van der Waals surface area contributed by atoms with E-state index in [4.69, 9.17) is 0 Å². The Morgan fingerprint density at radius 1 is 0.429 bits per heavy atom. The second-order valence-electron chi connectivity index (χ2n) is 21.7. The highest BCUT2D eigenvalue weighted by atomic mass is 15.6. The number of fused-ring (bicyclic) bond motifs is 8. The summed E-state index contributed by atoms with van der Waals surface area (Å²) in [5, 5.41) is 0. The van der Waals surface area contributed by atoms with Crippen molar-refractivity contribution in [3.63, 3.8) is 0 Å². The van der Waals surface area contributed by atoms with Crippen LogP contribution in [0.2, 0.25) is 0 Å². The van der Waals surface area contributed by atoms with Gasteiger partial charge in [-0.15, -0.1) is 0 Å². The molecule has 0 amide bonds. The first-order chi connectivity index (χ1) is 17.2. The Bertz CT molecular complexity index is 1720. The van der Waals surface area contributed by atoms with Gasteiger partial charge in [-0.2, -0.15) is 0 Å². The Labute approximate surface area is 203 Å². The third kappa shape index (κ3) is 0.312. The van der Waals surface area contributed by atoms with Gasteiger partial charge in [-0.05, 0) is 197 Å². The predicted molar refractivity (Wildman–Crippen MR) is 115 cm³/mol. The van der Waals surface area contributed by atoms with Crippen molar-refractivity contribution < 1.29 is 0 Å². The van der Waals surface area contributed by atoms with Crippen molar-refractivity contribution in [1.29, 1.82) is 0 Å². The lowest BCUT2D eigenvalue weighted by atomic mass is 8.47. The minimum atomic E-state index is 0.928. The van der Waals surface area contributed by atoms with E-state index in [2.05, 4.69) is 6.92 Å². The molecule has 0 bridgehead atoms.